The maximum absolute atomic E-state index is 13.4. The van der Waals surface area contributed by atoms with Crippen LogP contribution in [0.15, 0.2) is 79.0 Å². The van der Waals surface area contributed by atoms with E-state index in [0.717, 1.165) is 40.4 Å². The van der Waals surface area contributed by atoms with Crippen molar-refractivity contribution in [3.8, 4) is 16.9 Å². The molecule has 1 fully saturated rings. The van der Waals surface area contributed by atoms with Gasteiger partial charge in [0.05, 0.1) is 5.52 Å². The number of carbonyl (C=O) groups is 1. The number of para-hydroxylation sites is 1. The molecule has 0 saturated carbocycles. The van der Waals surface area contributed by atoms with Gasteiger partial charge in [0.15, 0.2) is 0 Å². The van der Waals surface area contributed by atoms with E-state index in [-0.39, 0.29) is 11.7 Å². The number of hydrogen-bond acceptors (Lipinski definition) is 3. The highest BCUT2D eigenvalue weighted by Crippen LogP contribution is 2.31. The van der Waals surface area contributed by atoms with Gasteiger partial charge in [0.25, 0.3) is 5.91 Å². The molecular weight excluding hydrogens is 465 g/mol. The van der Waals surface area contributed by atoms with Crippen molar-refractivity contribution in [1.29, 1.82) is 0 Å². The summed E-state index contributed by atoms with van der Waals surface area (Å²) in [5, 5.41) is 1.12. The monoisotopic (exact) mass is 490 g/mol. The number of halogens is 3. The molecule has 36 heavy (non-hydrogen) atoms. The molecule has 1 amide bonds. The summed E-state index contributed by atoms with van der Waals surface area (Å²) >= 11 is 0. The minimum atomic E-state index is -4.73. The van der Waals surface area contributed by atoms with E-state index in [1.54, 1.807) is 12.1 Å². The van der Waals surface area contributed by atoms with Crippen LogP contribution in [-0.2, 0) is 6.42 Å². The second kappa shape index (κ2) is 9.64. The molecule has 1 aliphatic heterocycles. The maximum atomic E-state index is 13.4. The van der Waals surface area contributed by atoms with Gasteiger partial charge >= 0.3 is 6.36 Å². The highest BCUT2D eigenvalue weighted by molar-refractivity contribution is 5.97. The number of rotatable bonds is 5. The Bertz CT molecular complexity index is 1390. The van der Waals surface area contributed by atoms with Crippen molar-refractivity contribution in [3.05, 3.63) is 95.7 Å². The van der Waals surface area contributed by atoms with Crippen molar-refractivity contribution >= 4 is 16.8 Å². The van der Waals surface area contributed by atoms with Gasteiger partial charge in [0, 0.05) is 30.2 Å². The summed E-state index contributed by atoms with van der Waals surface area (Å²) in [6.07, 6.45) is -1.14. The molecule has 4 nitrogen and oxygen atoms in total. The van der Waals surface area contributed by atoms with Crippen molar-refractivity contribution in [1.82, 2.24) is 9.88 Å². The van der Waals surface area contributed by atoms with Crippen LogP contribution in [0.3, 0.4) is 0 Å². The third-order valence-corrected chi connectivity index (χ3v) is 6.76. The molecule has 7 heteroatoms. The fourth-order valence-corrected chi connectivity index (χ4v) is 5.01. The highest BCUT2D eigenvalue weighted by Gasteiger charge is 2.31. The van der Waals surface area contributed by atoms with Crippen LogP contribution in [0.2, 0.25) is 0 Å². The lowest BCUT2D eigenvalue weighted by atomic mass is 9.95. The molecule has 1 aromatic heterocycles. The van der Waals surface area contributed by atoms with Crippen molar-refractivity contribution < 1.29 is 22.7 Å². The van der Waals surface area contributed by atoms with E-state index in [4.69, 9.17) is 0 Å². The fourth-order valence-electron chi connectivity index (χ4n) is 5.01. The van der Waals surface area contributed by atoms with Gasteiger partial charge in [-0.05, 0) is 72.2 Å². The maximum Gasteiger partial charge on any atom is 0.573 e. The van der Waals surface area contributed by atoms with Crippen LogP contribution in [0.25, 0.3) is 22.0 Å². The predicted molar refractivity (Wildman–Crippen MR) is 133 cm³/mol. The van der Waals surface area contributed by atoms with Gasteiger partial charge < -0.3 is 9.64 Å². The first-order valence-corrected chi connectivity index (χ1v) is 11.9. The molecule has 184 valence electrons. The first-order chi connectivity index (χ1) is 17.3. The molecule has 0 aliphatic carbocycles. The first-order valence-electron chi connectivity index (χ1n) is 11.9. The summed E-state index contributed by atoms with van der Waals surface area (Å²) in [6, 6.07) is 21.4. The topological polar surface area (TPSA) is 42.4 Å². The Balaban J connectivity index is 1.31. The van der Waals surface area contributed by atoms with E-state index >= 15 is 0 Å². The first kappa shape index (κ1) is 23.9. The average Bonchev–Trinajstić information content (AvgIpc) is 3.32. The second-order valence-corrected chi connectivity index (χ2v) is 9.15. The van der Waals surface area contributed by atoms with Gasteiger partial charge in [-0.2, -0.15) is 0 Å². The Morgan fingerprint density at radius 1 is 1.03 bits per heavy atom. The van der Waals surface area contributed by atoms with E-state index in [9.17, 15) is 18.0 Å². The van der Waals surface area contributed by atoms with Crippen molar-refractivity contribution in [3.63, 3.8) is 0 Å². The average molecular weight is 491 g/mol. The Kier molecular flexibility index (Phi) is 6.39. The van der Waals surface area contributed by atoms with Crippen LogP contribution in [0, 0.1) is 12.8 Å². The molecule has 2 heterocycles. The number of aromatic nitrogens is 1. The lowest BCUT2D eigenvalue weighted by Crippen LogP contribution is -2.29. The van der Waals surface area contributed by atoms with Gasteiger partial charge in [0.2, 0.25) is 0 Å². The van der Waals surface area contributed by atoms with E-state index in [1.165, 1.54) is 17.7 Å². The second-order valence-electron chi connectivity index (χ2n) is 9.15. The third-order valence-electron chi connectivity index (χ3n) is 6.76. The van der Waals surface area contributed by atoms with E-state index in [2.05, 4.69) is 27.9 Å². The molecule has 0 N–H and O–H groups in total. The molecule has 1 atom stereocenters. The molecule has 0 bridgehead atoms. The number of alkyl halides is 3. The van der Waals surface area contributed by atoms with Gasteiger partial charge in [-0.25, -0.2) is 0 Å². The highest BCUT2D eigenvalue weighted by atomic mass is 19.4. The van der Waals surface area contributed by atoms with Gasteiger partial charge in [-0.3, -0.25) is 9.78 Å². The number of nitrogens with zero attached hydrogens (tertiary/aromatic N) is 2. The molecule has 5 rings (SSSR count). The number of likely N-dealkylation sites (tertiary alicyclic amines) is 1. The molecular formula is C29H25F3N2O2. The summed E-state index contributed by atoms with van der Waals surface area (Å²) in [7, 11) is 0. The van der Waals surface area contributed by atoms with Gasteiger partial charge in [-0.15, -0.1) is 13.2 Å². The molecule has 1 aliphatic rings. The summed E-state index contributed by atoms with van der Waals surface area (Å²) in [5.74, 6) is 0.0526. The van der Waals surface area contributed by atoms with Crippen molar-refractivity contribution in [2.75, 3.05) is 13.1 Å². The number of carbonyl (C=O) groups excluding carboxylic acids is 1. The summed E-state index contributed by atoms with van der Waals surface area (Å²) < 4.78 is 41.4. The summed E-state index contributed by atoms with van der Waals surface area (Å²) in [5.41, 5.74) is 5.14. The van der Waals surface area contributed by atoms with Crippen LogP contribution in [0.4, 0.5) is 13.2 Å². The third kappa shape index (κ3) is 5.05. The van der Waals surface area contributed by atoms with Gasteiger partial charge in [0.1, 0.15) is 5.75 Å². The van der Waals surface area contributed by atoms with Crippen LogP contribution in [0.1, 0.15) is 27.9 Å². The lowest BCUT2D eigenvalue weighted by molar-refractivity contribution is -0.274. The number of amides is 1. The smallest absolute Gasteiger partial charge is 0.406 e. The number of pyridine rings is 1. The van der Waals surface area contributed by atoms with E-state index in [0.29, 0.717) is 24.6 Å². The van der Waals surface area contributed by atoms with Crippen LogP contribution in [0.5, 0.6) is 5.75 Å². The zero-order valence-electron chi connectivity index (χ0n) is 19.8. The molecule has 3 aromatic carbocycles. The Hall–Kier alpha value is -3.87. The number of hydrogen-bond donors (Lipinski definition) is 0. The van der Waals surface area contributed by atoms with E-state index < -0.39 is 6.36 Å². The number of fused-ring (bicyclic) bond motifs is 1. The minimum Gasteiger partial charge on any atom is -0.406 e. The SMILES string of the molecule is Cc1c(C(=O)N2CC[C@H](Cc3cccc4cccnc34)C2)cccc1-c1ccc(OC(F)(F)F)cc1. The molecule has 4 aromatic rings. The molecule has 0 unspecified atom stereocenters. The standard InChI is InChI=1S/C29H25F3N2O2/c1-19-25(21-10-12-24(13-11-21)36-29(30,31)32)8-3-9-26(19)28(35)34-16-14-20(18-34)17-23-6-2-5-22-7-4-15-33-27(22)23/h2-13,15,20H,14,16-18H2,1H3/t20-/m1/s1. The summed E-state index contributed by atoms with van der Waals surface area (Å²) in [4.78, 5) is 19.9. The summed E-state index contributed by atoms with van der Waals surface area (Å²) in [6.45, 7) is 3.24. The molecule has 0 spiro atoms. The van der Waals surface area contributed by atoms with E-state index in [1.807, 2.05) is 48.4 Å². The predicted octanol–water partition coefficient (Wildman–Crippen LogP) is 6.81. The molecule has 0 radical (unpaired) electrons. The van der Waals surface area contributed by atoms with Crippen LogP contribution >= 0.6 is 0 Å². The van der Waals surface area contributed by atoms with Crippen molar-refractivity contribution in [2.45, 2.75) is 26.1 Å². The van der Waals surface area contributed by atoms with Gasteiger partial charge in [-0.1, -0.05) is 48.5 Å². The zero-order valence-corrected chi connectivity index (χ0v) is 19.8. The number of benzene rings is 3. The fraction of sp³-hybridized carbons (Fsp3) is 0.241. The Morgan fingerprint density at radius 2 is 1.78 bits per heavy atom. The minimum absolute atomic E-state index is 0.0232. The van der Waals surface area contributed by atoms with Crippen LogP contribution < -0.4 is 4.74 Å². The lowest BCUT2D eigenvalue weighted by Gasteiger charge is -2.19. The van der Waals surface area contributed by atoms with Crippen LogP contribution in [-0.4, -0.2) is 35.2 Å². The quantitative estimate of drug-likeness (QED) is 0.309. The largest absolute Gasteiger partial charge is 0.573 e. The Morgan fingerprint density at radius 3 is 2.56 bits per heavy atom. The molecule has 1 saturated heterocycles. The van der Waals surface area contributed by atoms with Crippen molar-refractivity contribution in [2.24, 2.45) is 5.92 Å². The Labute approximate surface area is 207 Å². The normalized spacial score (nSPS) is 15.9. The number of ether oxygens (including phenoxy) is 1. The zero-order chi connectivity index (χ0) is 25.3.